The Balaban J connectivity index is 1.77. The highest BCUT2D eigenvalue weighted by molar-refractivity contribution is 6.05. The molecular formula is C17H14FN7O. The number of carbonyl (C=O) groups excluding carboxylic acids is 1. The van der Waals surface area contributed by atoms with Crippen molar-refractivity contribution < 1.29 is 9.18 Å². The number of halogens is 1. The van der Waals surface area contributed by atoms with Crippen molar-refractivity contribution in [3.05, 3.63) is 71.3 Å². The predicted molar refractivity (Wildman–Crippen MR) is 91.5 cm³/mol. The van der Waals surface area contributed by atoms with Crippen LogP contribution < -0.4 is 10.6 Å². The fraction of sp³-hybridized carbons (Fsp3) is 0.118. The van der Waals surface area contributed by atoms with Gasteiger partial charge in [-0.3, -0.25) is 4.79 Å². The van der Waals surface area contributed by atoms with Crippen molar-refractivity contribution in [1.82, 2.24) is 25.2 Å². The molecule has 9 heteroatoms. The summed E-state index contributed by atoms with van der Waals surface area (Å²) in [4.78, 5) is 17.1. The molecule has 1 atom stereocenters. The third kappa shape index (κ3) is 2.79. The molecule has 4 rings (SSSR count). The van der Waals surface area contributed by atoms with E-state index in [2.05, 4.69) is 31.1 Å². The van der Waals surface area contributed by atoms with Gasteiger partial charge >= 0.3 is 0 Å². The van der Waals surface area contributed by atoms with Crippen molar-refractivity contribution in [1.29, 1.82) is 0 Å². The molecule has 8 nitrogen and oxygen atoms in total. The summed E-state index contributed by atoms with van der Waals surface area (Å²) in [5.41, 5.74) is 1.71. The predicted octanol–water partition coefficient (Wildman–Crippen LogP) is 2.13. The number of nitrogens with one attached hydrogen (secondary N) is 2. The SMILES string of the molecule is CC1=C(C(=O)Nc2ccccn2)[C@@H](c2ccc(F)cc2)n2nnnc2N1. The Morgan fingerprint density at radius 2 is 2.04 bits per heavy atom. The fourth-order valence-electron chi connectivity index (χ4n) is 2.88. The van der Waals surface area contributed by atoms with Crippen molar-refractivity contribution in [2.45, 2.75) is 13.0 Å². The van der Waals surface area contributed by atoms with Crippen molar-refractivity contribution in [2.75, 3.05) is 10.6 Å². The number of tetrazole rings is 1. The van der Waals surface area contributed by atoms with Gasteiger partial charge in [0.2, 0.25) is 5.95 Å². The van der Waals surface area contributed by atoms with E-state index in [1.165, 1.54) is 16.8 Å². The van der Waals surface area contributed by atoms with Crippen LogP contribution in [0.4, 0.5) is 16.2 Å². The van der Waals surface area contributed by atoms with Crippen LogP contribution in [0.25, 0.3) is 0 Å². The summed E-state index contributed by atoms with van der Waals surface area (Å²) in [6.07, 6.45) is 1.59. The highest BCUT2D eigenvalue weighted by Gasteiger charge is 2.34. The Bertz CT molecular complexity index is 982. The van der Waals surface area contributed by atoms with Crippen LogP contribution in [-0.2, 0) is 4.79 Å². The molecule has 0 saturated carbocycles. The third-order valence-corrected chi connectivity index (χ3v) is 4.05. The summed E-state index contributed by atoms with van der Waals surface area (Å²) in [6.45, 7) is 1.77. The van der Waals surface area contributed by atoms with Crippen LogP contribution in [0.2, 0.25) is 0 Å². The van der Waals surface area contributed by atoms with Gasteiger partial charge in [0.1, 0.15) is 17.7 Å². The maximum atomic E-state index is 13.4. The number of fused-ring (bicyclic) bond motifs is 1. The molecule has 0 bridgehead atoms. The zero-order valence-electron chi connectivity index (χ0n) is 13.7. The summed E-state index contributed by atoms with van der Waals surface area (Å²) >= 11 is 0. The van der Waals surface area contributed by atoms with Crippen LogP contribution in [0.3, 0.4) is 0 Å². The number of pyridine rings is 1. The maximum Gasteiger partial charge on any atom is 0.257 e. The van der Waals surface area contributed by atoms with Gasteiger partial charge in [-0.05, 0) is 47.2 Å². The van der Waals surface area contributed by atoms with E-state index >= 15 is 0 Å². The summed E-state index contributed by atoms with van der Waals surface area (Å²) in [5, 5.41) is 17.4. The Kier molecular flexibility index (Phi) is 3.88. The minimum absolute atomic E-state index is 0.343. The first kappa shape index (κ1) is 15.9. The summed E-state index contributed by atoms with van der Waals surface area (Å²) < 4.78 is 14.8. The molecule has 1 aliphatic rings. The van der Waals surface area contributed by atoms with Gasteiger partial charge in [-0.15, -0.1) is 0 Å². The number of nitrogens with zero attached hydrogens (tertiary/aromatic N) is 5. The van der Waals surface area contributed by atoms with E-state index in [-0.39, 0.29) is 11.7 Å². The van der Waals surface area contributed by atoms with Gasteiger partial charge in [-0.1, -0.05) is 23.3 Å². The largest absolute Gasteiger partial charge is 0.326 e. The normalized spacial score (nSPS) is 16.0. The Hall–Kier alpha value is -3.62. The van der Waals surface area contributed by atoms with Crippen molar-refractivity contribution in [3.8, 4) is 0 Å². The minimum Gasteiger partial charge on any atom is -0.326 e. The summed E-state index contributed by atoms with van der Waals surface area (Å²) in [7, 11) is 0. The van der Waals surface area contributed by atoms with Crippen molar-refractivity contribution >= 4 is 17.7 Å². The molecule has 3 aromatic rings. The van der Waals surface area contributed by atoms with Crippen molar-refractivity contribution in [2.24, 2.45) is 0 Å². The highest BCUT2D eigenvalue weighted by Crippen LogP contribution is 2.34. The zero-order valence-corrected chi connectivity index (χ0v) is 13.7. The van der Waals surface area contributed by atoms with E-state index in [9.17, 15) is 9.18 Å². The zero-order chi connectivity index (χ0) is 18.1. The number of benzene rings is 1. The molecule has 2 N–H and O–H groups in total. The standard InChI is InChI=1S/C17H14FN7O/c1-10-14(16(26)21-13-4-2-3-9-19-13)15(11-5-7-12(18)8-6-11)25-17(20-10)22-23-24-25/h2-9,15H,1H3,(H,19,21,26)(H,20,22,24)/t15-/m1/s1. The number of amides is 1. The Morgan fingerprint density at radius 3 is 2.77 bits per heavy atom. The van der Waals surface area contributed by atoms with Crippen LogP contribution in [-0.4, -0.2) is 31.1 Å². The van der Waals surface area contributed by atoms with Gasteiger partial charge in [0.25, 0.3) is 5.91 Å². The van der Waals surface area contributed by atoms with E-state index < -0.39 is 6.04 Å². The molecule has 2 aromatic heterocycles. The molecule has 3 heterocycles. The van der Waals surface area contributed by atoms with E-state index in [1.54, 1.807) is 43.5 Å². The molecule has 0 aliphatic carbocycles. The summed E-state index contributed by atoms with van der Waals surface area (Å²) in [6, 6.07) is 10.5. The monoisotopic (exact) mass is 351 g/mol. The molecule has 0 unspecified atom stereocenters. The number of anilines is 2. The molecule has 0 fully saturated rings. The molecule has 1 aromatic carbocycles. The lowest BCUT2D eigenvalue weighted by molar-refractivity contribution is -0.113. The molecule has 0 radical (unpaired) electrons. The number of carbonyl (C=O) groups is 1. The second-order valence-electron chi connectivity index (χ2n) is 5.73. The van der Waals surface area contributed by atoms with Gasteiger partial charge in [0, 0.05) is 11.9 Å². The van der Waals surface area contributed by atoms with Crippen LogP contribution in [0, 0.1) is 5.82 Å². The van der Waals surface area contributed by atoms with Gasteiger partial charge in [0.05, 0.1) is 5.57 Å². The van der Waals surface area contributed by atoms with Gasteiger partial charge in [-0.2, -0.15) is 4.68 Å². The van der Waals surface area contributed by atoms with Gasteiger partial charge in [0.15, 0.2) is 0 Å². The number of rotatable bonds is 3. The average molecular weight is 351 g/mol. The van der Waals surface area contributed by atoms with Crippen LogP contribution in [0.15, 0.2) is 59.9 Å². The molecule has 1 amide bonds. The Labute approximate surface area is 147 Å². The van der Waals surface area contributed by atoms with Gasteiger partial charge < -0.3 is 10.6 Å². The lowest BCUT2D eigenvalue weighted by Gasteiger charge is -2.27. The summed E-state index contributed by atoms with van der Waals surface area (Å²) in [5.74, 6) is 0.133. The number of hydrogen-bond acceptors (Lipinski definition) is 6. The lowest BCUT2D eigenvalue weighted by atomic mass is 9.95. The van der Waals surface area contributed by atoms with Gasteiger partial charge in [-0.25, -0.2) is 9.37 Å². The first-order valence-corrected chi connectivity index (χ1v) is 7.87. The minimum atomic E-state index is -0.592. The molecule has 130 valence electrons. The highest BCUT2D eigenvalue weighted by atomic mass is 19.1. The third-order valence-electron chi connectivity index (χ3n) is 4.05. The molecule has 0 saturated heterocycles. The second kappa shape index (κ2) is 6.36. The molecule has 1 aliphatic heterocycles. The average Bonchev–Trinajstić information content (AvgIpc) is 3.10. The van der Waals surface area contributed by atoms with E-state index in [0.717, 1.165) is 0 Å². The van der Waals surface area contributed by atoms with E-state index in [1.807, 2.05) is 0 Å². The quantitative estimate of drug-likeness (QED) is 0.750. The van der Waals surface area contributed by atoms with E-state index in [0.29, 0.717) is 28.6 Å². The topological polar surface area (TPSA) is 97.6 Å². The number of aromatic nitrogens is 5. The molecule has 0 spiro atoms. The molecule has 26 heavy (non-hydrogen) atoms. The van der Waals surface area contributed by atoms with E-state index in [4.69, 9.17) is 0 Å². The fourth-order valence-corrected chi connectivity index (χ4v) is 2.88. The maximum absolute atomic E-state index is 13.4. The van der Waals surface area contributed by atoms with Crippen LogP contribution in [0.1, 0.15) is 18.5 Å². The van der Waals surface area contributed by atoms with Crippen LogP contribution >= 0.6 is 0 Å². The smallest absolute Gasteiger partial charge is 0.257 e. The number of allylic oxidation sites excluding steroid dienone is 1. The first-order valence-electron chi connectivity index (χ1n) is 7.87. The van der Waals surface area contributed by atoms with Crippen molar-refractivity contribution in [3.63, 3.8) is 0 Å². The first-order chi connectivity index (χ1) is 12.6. The second-order valence-corrected chi connectivity index (χ2v) is 5.73. The lowest BCUT2D eigenvalue weighted by Crippen LogP contribution is -2.31. The Morgan fingerprint density at radius 1 is 1.23 bits per heavy atom. The number of hydrogen-bond donors (Lipinski definition) is 2. The van der Waals surface area contributed by atoms with Crippen LogP contribution in [0.5, 0.6) is 0 Å². The molecular weight excluding hydrogens is 337 g/mol.